The van der Waals surface area contributed by atoms with Gasteiger partial charge in [-0.2, -0.15) is 5.10 Å². The van der Waals surface area contributed by atoms with Crippen LogP contribution < -0.4 is 19.6 Å². The largest absolute Gasteiger partial charge is 0.496 e. The first-order chi connectivity index (χ1) is 12.2. The number of hydrogen-bond donors (Lipinski definition) is 1. The number of hydrogen-bond acceptors (Lipinski definition) is 5. The van der Waals surface area contributed by atoms with Crippen LogP contribution in [-0.2, 0) is 6.54 Å². The molecule has 2 aromatic rings. The molecule has 0 aromatic heterocycles. The summed E-state index contributed by atoms with van der Waals surface area (Å²) in [5, 5.41) is 4.26. The molecule has 132 valence electrons. The fourth-order valence-electron chi connectivity index (χ4n) is 2.20. The van der Waals surface area contributed by atoms with Gasteiger partial charge in [-0.25, -0.2) is 0 Å². The van der Waals surface area contributed by atoms with Gasteiger partial charge >= 0.3 is 0 Å². The second-order valence-corrected chi connectivity index (χ2v) is 5.89. The van der Waals surface area contributed by atoms with Crippen LogP contribution >= 0.6 is 15.9 Å². The summed E-state index contributed by atoms with van der Waals surface area (Å²) in [4.78, 5) is 0. The smallest absolute Gasteiger partial charge is 0.175 e. The molecule has 0 atom stereocenters. The SMILES string of the molecule is C=CCOc1c(Br)cc(/C=N/NCc2ccccc2OC)cc1OC. The van der Waals surface area contributed by atoms with E-state index in [2.05, 4.69) is 33.0 Å². The molecule has 1 N–H and O–H groups in total. The third kappa shape index (κ3) is 5.26. The molecule has 5 nitrogen and oxygen atoms in total. The molecule has 0 aliphatic carbocycles. The van der Waals surface area contributed by atoms with Gasteiger partial charge in [-0.3, -0.25) is 0 Å². The number of halogens is 1. The third-order valence-electron chi connectivity index (χ3n) is 3.36. The van der Waals surface area contributed by atoms with E-state index in [4.69, 9.17) is 14.2 Å². The van der Waals surface area contributed by atoms with Crippen molar-refractivity contribution in [2.24, 2.45) is 5.10 Å². The quantitative estimate of drug-likeness (QED) is 0.387. The lowest BCUT2D eigenvalue weighted by Gasteiger charge is -2.12. The number of rotatable bonds is 9. The molecule has 0 fully saturated rings. The molecular formula is C19H21BrN2O3. The highest BCUT2D eigenvalue weighted by atomic mass is 79.9. The van der Waals surface area contributed by atoms with Gasteiger partial charge in [0.1, 0.15) is 12.4 Å². The number of nitrogens with one attached hydrogen (secondary N) is 1. The first kappa shape index (κ1) is 18.9. The topological polar surface area (TPSA) is 52.1 Å². The molecule has 0 bridgehead atoms. The van der Waals surface area contributed by atoms with E-state index >= 15 is 0 Å². The van der Waals surface area contributed by atoms with E-state index in [0.717, 1.165) is 21.3 Å². The average Bonchev–Trinajstić information content (AvgIpc) is 2.64. The van der Waals surface area contributed by atoms with E-state index in [1.807, 2.05) is 36.4 Å². The Balaban J connectivity index is 2.05. The zero-order chi connectivity index (χ0) is 18.1. The first-order valence-electron chi connectivity index (χ1n) is 7.68. The molecule has 2 aromatic carbocycles. The third-order valence-corrected chi connectivity index (χ3v) is 3.95. The van der Waals surface area contributed by atoms with E-state index < -0.39 is 0 Å². The molecule has 25 heavy (non-hydrogen) atoms. The van der Waals surface area contributed by atoms with Crippen molar-refractivity contribution >= 4 is 22.1 Å². The summed E-state index contributed by atoms with van der Waals surface area (Å²) >= 11 is 3.50. The van der Waals surface area contributed by atoms with Crippen molar-refractivity contribution in [3.05, 3.63) is 64.7 Å². The predicted molar refractivity (Wildman–Crippen MR) is 104 cm³/mol. The zero-order valence-corrected chi connectivity index (χ0v) is 15.9. The number of ether oxygens (including phenoxy) is 3. The highest BCUT2D eigenvalue weighted by Gasteiger charge is 2.10. The highest BCUT2D eigenvalue weighted by molar-refractivity contribution is 9.10. The standard InChI is InChI=1S/C19H21BrN2O3/c1-4-9-25-19-16(20)10-14(11-18(19)24-3)12-21-22-13-15-7-5-6-8-17(15)23-2/h4-8,10-12,22H,1,9,13H2,2-3H3/b21-12+. The maximum absolute atomic E-state index is 5.61. The molecule has 0 aliphatic heterocycles. The van der Waals surface area contributed by atoms with E-state index in [-0.39, 0.29) is 0 Å². The fraction of sp³-hybridized carbons (Fsp3) is 0.211. The van der Waals surface area contributed by atoms with Crippen LogP contribution in [-0.4, -0.2) is 27.0 Å². The molecule has 0 aliphatic rings. The van der Waals surface area contributed by atoms with E-state index in [0.29, 0.717) is 24.7 Å². The summed E-state index contributed by atoms with van der Waals surface area (Å²) in [5.41, 5.74) is 4.93. The summed E-state index contributed by atoms with van der Waals surface area (Å²) < 4.78 is 17.1. The fourth-order valence-corrected chi connectivity index (χ4v) is 2.77. The van der Waals surface area contributed by atoms with Crippen molar-refractivity contribution in [2.45, 2.75) is 6.54 Å². The Bertz CT molecular complexity index is 747. The predicted octanol–water partition coefficient (Wildman–Crippen LogP) is 4.15. The Labute approximate surface area is 156 Å². The molecule has 0 spiro atoms. The number of hydrazone groups is 1. The maximum atomic E-state index is 5.61. The summed E-state index contributed by atoms with van der Waals surface area (Å²) in [6.45, 7) is 4.62. The molecule has 2 rings (SSSR count). The molecule has 0 saturated carbocycles. The van der Waals surface area contributed by atoms with E-state index in [1.165, 1.54) is 0 Å². The van der Waals surface area contributed by atoms with Crippen molar-refractivity contribution in [1.29, 1.82) is 0 Å². The monoisotopic (exact) mass is 404 g/mol. The van der Waals surface area contributed by atoms with Crippen LogP contribution in [0.1, 0.15) is 11.1 Å². The second-order valence-electron chi connectivity index (χ2n) is 5.04. The number of para-hydroxylation sites is 1. The highest BCUT2D eigenvalue weighted by Crippen LogP contribution is 2.36. The minimum Gasteiger partial charge on any atom is -0.496 e. The van der Waals surface area contributed by atoms with Gasteiger partial charge in [0.25, 0.3) is 0 Å². The van der Waals surface area contributed by atoms with E-state index in [1.54, 1.807) is 26.5 Å². The second kappa shape index (κ2) is 9.74. The summed E-state index contributed by atoms with van der Waals surface area (Å²) in [5.74, 6) is 2.10. The van der Waals surface area contributed by atoms with Crippen LogP contribution in [0.15, 0.2) is 58.6 Å². The lowest BCUT2D eigenvalue weighted by Crippen LogP contribution is -2.07. The van der Waals surface area contributed by atoms with Gasteiger partial charge in [-0.1, -0.05) is 30.9 Å². The zero-order valence-electron chi connectivity index (χ0n) is 14.3. The Kier molecular flexibility index (Phi) is 7.35. The first-order valence-corrected chi connectivity index (χ1v) is 8.48. The van der Waals surface area contributed by atoms with Crippen LogP contribution in [0.5, 0.6) is 17.2 Å². The molecule has 6 heteroatoms. The van der Waals surface area contributed by atoms with Crippen molar-refractivity contribution in [2.75, 3.05) is 20.8 Å². The van der Waals surface area contributed by atoms with Gasteiger partial charge in [0.15, 0.2) is 11.5 Å². The van der Waals surface area contributed by atoms with Gasteiger partial charge in [-0.05, 0) is 39.7 Å². The Hall–Kier alpha value is -2.47. The number of nitrogens with zero attached hydrogens (tertiary/aromatic N) is 1. The lowest BCUT2D eigenvalue weighted by atomic mass is 10.2. The Morgan fingerprint density at radius 1 is 1.16 bits per heavy atom. The van der Waals surface area contributed by atoms with Gasteiger partial charge in [-0.15, -0.1) is 0 Å². The van der Waals surface area contributed by atoms with Crippen LogP contribution in [0.25, 0.3) is 0 Å². The van der Waals surface area contributed by atoms with Gasteiger partial charge in [0.2, 0.25) is 0 Å². The normalized spacial score (nSPS) is 10.5. The summed E-state index contributed by atoms with van der Waals surface area (Å²) in [7, 11) is 3.26. The maximum Gasteiger partial charge on any atom is 0.175 e. The minimum atomic E-state index is 0.406. The van der Waals surface area contributed by atoms with Crippen molar-refractivity contribution < 1.29 is 14.2 Å². The van der Waals surface area contributed by atoms with E-state index in [9.17, 15) is 0 Å². The van der Waals surface area contributed by atoms with Crippen LogP contribution in [0, 0.1) is 0 Å². The molecule has 0 amide bonds. The number of methoxy groups -OCH3 is 2. The molecule has 0 unspecified atom stereocenters. The van der Waals surface area contributed by atoms with Crippen molar-refractivity contribution in [1.82, 2.24) is 5.43 Å². The summed E-state index contributed by atoms with van der Waals surface area (Å²) in [6.07, 6.45) is 3.41. The molecular weight excluding hydrogens is 384 g/mol. The van der Waals surface area contributed by atoms with Crippen LogP contribution in [0.2, 0.25) is 0 Å². The van der Waals surface area contributed by atoms with Crippen molar-refractivity contribution in [3.8, 4) is 17.2 Å². The Morgan fingerprint density at radius 3 is 2.64 bits per heavy atom. The lowest BCUT2D eigenvalue weighted by molar-refractivity contribution is 0.324. The summed E-state index contributed by atoms with van der Waals surface area (Å²) in [6, 6.07) is 11.6. The van der Waals surface area contributed by atoms with Gasteiger partial charge in [0.05, 0.1) is 31.5 Å². The van der Waals surface area contributed by atoms with Gasteiger partial charge < -0.3 is 19.6 Å². The van der Waals surface area contributed by atoms with Gasteiger partial charge in [0, 0.05) is 5.56 Å². The number of benzene rings is 2. The average molecular weight is 405 g/mol. The molecule has 0 radical (unpaired) electrons. The Morgan fingerprint density at radius 2 is 1.92 bits per heavy atom. The van der Waals surface area contributed by atoms with Crippen LogP contribution in [0.4, 0.5) is 0 Å². The molecule has 0 heterocycles. The van der Waals surface area contributed by atoms with Crippen molar-refractivity contribution in [3.63, 3.8) is 0 Å². The van der Waals surface area contributed by atoms with Crippen LogP contribution in [0.3, 0.4) is 0 Å². The molecule has 0 saturated heterocycles. The minimum absolute atomic E-state index is 0.406.